The molecule has 5 heteroatoms. The first kappa shape index (κ1) is 20.0. The largest absolute Gasteiger partial charge is 0.491 e. The van der Waals surface area contributed by atoms with E-state index in [0.29, 0.717) is 31.9 Å². The summed E-state index contributed by atoms with van der Waals surface area (Å²) in [6.45, 7) is 7.85. The van der Waals surface area contributed by atoms with Gasteiger partial charge in [-0.3, -0.25) is 4.79 Å². The Morgan fingerprint density at radius 2 is 1.87 bits per heavy atom. The van der Waals surface area contributed by atoms with E-state index in [-0.39, 0.29) is 12.1 Å². The summed E-state index contributed by atoms with van der Waals surface area (Å²) in [4.78, 5) is 15.1. The van der Waals surface area contributed by atoms with Crippen molar-refractivity contribution in [3.63, 3.8) is 0 Å². The molecule has 0 saturated carbocycles. The highest BCUT2D eigenvalue weighted by Gasteiger charge is 2.34. The van der Waals surface area contributed by atoms with E-state index in [1.54, 1.807) is 11.0 Å². The van der Waals surface area contributed by atoms with Crippen LogP contribution in [0, 0.1) is 0 Å². The number of carbonyl (C=O) groups excluding carboxylic acids is 1. The highest BCUT2D eigenvalue weighted by atomic mass is 16.5. The molecule has 0 saturated heterocycles. The maximum Gasteiger partial charge on any atom is 0.258 e. The molecule has 30 heavy (non-hydrogen) atoms. The van der Waals surface area contributed by atoms with Crippen LogP contribution in [0.3, 0.4) is 0 Å². The van der Waals surface area contributed by atoms with Crippen molar-refractivity contribution in [3.05, 3.63) is 84.4 Å². The maximum atomic E-state index is 13.3. The predicted molar refractivity (Wildman–Crippen MR) is 120 cm³/mol. The van der Waals surface area contributed by atoms with E-state index in [1.807, 2.05) is 55.5 Å². The molecule has 1 aliphatic rings. The Morgan fingerprint density at radius 1 is 1.07 bits per heavy atom. The number of carbonyl (C=O) groups is 1. The Labute approximate surface area is 176 Å². The SMILES string of the molecule is C=CCN1C(=O)c2ccccc2NC1c1c(OCCOCC)ccc2ccccc12. The first-order chi connectivity index (χ1) is 14.7. The number of nitrogens with one attached hydrogen (secondary N) is 1. The second-order valence-electron chi connectivity index (χ2n) is 7.08. The summed E-state index contributed by atoms with van der Waals surface area (Å²) in [6, 6.07) is 19.8. The lowest BCUT2D eigenvalue weighted by molar-refractivity contribution is 0.0703. The van der Waals surface area contributed by atoms with Crippen LogP contribution >= 0.6 is 0 Å². The molecule has 1 heterocycles. The lowest BCUT2D eigenvalue weighted by Gasteiger charge is -2.38. The summed E-state index contributed by atoms with van der Waals surface area (Å²) in [5.74, 6) is 0.717. The molecule has 1 atom stereocenters. The molecule has 0 radical (unpaired) electrons. The number of hydrogen-bond acceptors (Lipinski definition) is 4. The van der Waals surface area contributed by atoms with Gasteiger partial charge in [0.1, 0.15) is 18.5 Å². The number of nitrogens with zero attached hydrogens (tertiary/aromatic N) is 1. The van der Waals surface area contributed by atoms with Crippen LogP contribution in [0.1, 0.15) is 29.0 Å². The van der Waals surface area contributed by atoms with Gasteiger partial charge in [-0.2, -0.15) is 0 Å². The van der Waals surface area contributed by atoms with E-state index in [0.717, 1.165) is 27.8 Å². The van der Waals surface area contributed by atoms with E-state index < -0.39 is 0 Å². The zero-order valence-corrected chi connectivity index (χ0v) is 17.1. The molecule has 0 aromatic heterocycles. The van der Waals surface area contributed by atoms with E-state index in [1.165, 1.54) is 0 Å². The average molecular weight is 402 g/mol. The molecule has 1 N–H and O–H groups in total. The van der Waals surface area contributed by atoms with Gasteiger partial charge in [-0.25, -0.2) is 0 Å². The molecule has 1 unspecified atom stereocenters. The molecule has 1 amide bonds. The number of rotatable bonds is 8. The predicted octanol–water partition coefficient (Wildman–Crippen LogP) is 5.01. The Balaban J connectivity index is 1.83. The van der Waals surface area contributed by atoms with Crippen LogP contribution < -0.4 is 10.1 Å². The number of hydrogen-bond donors (Lipinski definition) is 1. The molecule has 154 valence electrons. The van der Waals surface area contributed by atoms with Crippen molar-refractivity contribution in [1.29, 1.82) is 0 Å². The Hall–Kier alpha value is -3.31. The van der Waals surface area contributed by atoms with E-state index in [9.17, 15) is 4.79 Å². The molecular formula is C25H26N2O3. The highest BCUT2D eigenvalue weighted by molar-refractivity contribution is 6.02. The summed E-state index contributed by atoms with van der Waals surface area (Å²) in [5, 5.41) is 5.70. The van der Waals surface area contributed by atoms with Crippen molar-refractivity contribution in [2.45, 2.75) is 13.1 Å². The number of fused-ring (bicyclic) bond motifs is 2. The standard InChI is InChI=1S/C25H26N2O3/c1-3-15-27-24(26-21-12-8-7-11-20(21)25(27)28)23-19-10-6-5-9-18(19)13-14-22(23)30-17-16-29-4-2/h3,5-14,24,26H,1,4,15-17H2,2H3. The third-order valence-electron chi connectivity index (χ3n) is 5.24. The van der Waals surface area contributed by atoms with Crippen molar-refractivity contribution in [3.8, 4) is 5.75 Å². The zero-order valence-electron chi connectivity index (χ0n) is 17.1. The fourth-order valence-corrected chi connectivity index (χ4v) is 3.89. The fraction of sp³-hybridized carbons (Fsp3) is 0.240. The number of ether oxygens (including phenoxy) is 2. The van der Waals surface area contributed by atoms with Gasteiger partial charge in [0.2, 0.25) is 0 Å². The Bertz CT molecular complexity index is 1060. The summed E-state index contributed by atoms with van der Waals surface area (Å²) >= 11 is 0. The van der Waals surface area contributed by atoms with Crippen LogP contribution in [-0.4, -0.2) is 37.2 Å². The van der Waals surface area contributed by atoms with Gasteiger partial charge in [0.05, 0.1) is 12.2 Å². The van der Waals surface area contributed by atoms with Crippen molar-refractivity contribution < 1.29 is 14.3 Å². The molecule has 0 bridgehead atoms. The second-order valence-corrected chi connectivity index (χ2v) is 7.08. The number of anilines is 1. The average Bonchev–Trinajstić information content (AvgIpc) is 2.78. The van der Waals surface area contributed by atoms with Gasteiger partial charge in [-0.15, -0.1) is 6.58 Å². The molecule has 4 rings (SSSR count). The molecular weight excluding hydrogens is 376 g/mol. The third kappa shape index (κ3) is 3.76. The number of amides is 1. The van der Waals surface area contributed by atoms with Crippen LogP contribution in [0.15, 0.2) is 73.3 Å². The minimum atomic E-state index is -0.376. The number of para-hydroxylation sites is 1. The topological polar surface area (TPSA) is 50.8 Å². The van der Waals surface area contributed by atoms with Crippen molar-refractivity contribution in [1.82, 2.24) is 4.90 Å². The monoisotopic (exact) mass is 402 g/mol. The molecule has 5 nitrogen and oxygen atoms in total. The maximum absolute atomic E-state index is 13.3. The normalized spacial score (nSPS) is 15.6. The molecule has 1 aliphatic heterocycles. The van der Waals surface area contributed by atoms with Gasteiger partial charge in [0, 0.05) is 24.4 Å². The second kappa shape index (κ2) is 9.01. The smallest absolute Gasteiger partial charge is 0.258 e. The molecule has 0 spiro atoms. The molecule has 3 aromatic rings. The molecule has 0 aliphatic carbocycles. The Morgan fingerprint density at radius 3 is 2.70 bits per heavy atom. The van der Waals surface area contributed by atoms with Gasteiger partial charge in [0.15, 0.2) is 0 Å². The van der Waals surface area contributed by atoms with E-state index in [2.05, 4.69) is 24.0 Å². The highest BCUT2D eigenvalue weighted by Crippen LogP contribution is 2.40. The lowest BCUT2D eigenvalue weighted by atomic mass is 9.97. The van der Waals surface area contributed by atoms with Crippen molar-refractivity contribution >= 4 is 22.4 Å². The van der Waals surface area contributed by atoms with Crippen LogP contribution in [0.4, 0.5) is 5.69 Å². The van der Waals surface area contributed by atoms with Crippen molar-refractivity contribution in [2.24, 2.45) is 0 Å². The fourth-order valence-electron chi connectivity index (χ4n) is 3.89. The quantitative estimate of drug-likeness (QED) is 0.425. The van der Waals surface area contributed by atoms with Crippen molar-refractivity contribution in [2.75, 3.05) is 31.7 Å². The zero-order chi connectivity index (χ0) is 20.9. The summed E-state index contributed by atoms with van der Waals surface area (Å²) in [7, 11) is 0. The lowest BCUT2D eigenvalue weighted by Crippen LogP contribution is -2.43. The first-order valence-electron chi connectivity index (χ1n) is 10.2. The molecule has 0 fully saturated rings. The van der Waals surface area contributed by atoms with Gasteiger partial charge < -0.3 is 19.7 Å². The molecule has 3 aromatic carbocycles. The minimum Gasteiger partial charge on any atom is -0.491 e. The minimum absolute atomic E-state index is 0.0255. The van der Waals surface area contributed by atoms with E-state index in [4.69, 9.17) is 9.47 Å². The summed E-state index contributed by atoms with van der Waals surface area (Å²) in [5.41, 5.74) is 2.42. The van der Waals surface area contributed by atoms with Gasteiger partial charge in [-0.05, 0) is 35.9 Å². The van der Waals surface area contributed by atoms with Gasteiger partial charge in [-0.1, -0.05) is 48.5 Å². The van der Waals surface area contributed by atoms with Crippen LogP contribution in [0.25, 0.3) is 10.8 Å². The number of benzene rings is 3. The van der Waals surface area contributed by atoms with Crippen LogP contribution in [0.5, 0.6) is 5.75 Å². The van der Waals surface area contributed by atoms with Gasteiger partial charge >= 0.3 is 0 Å². The summed E-state index contributed by atoms with van der Waals surface area (Å²) in [6.07, 6.45) is 1.37. The van der Waals surface area contributed by atoms with Gasteiger partial charge in [0.25, 0.3) is 5.91 Å². The third-order valence-corrected chi connectivity index (χ3v) is 5.24. The van der Waals surface area contributed by atoms with E-state index >= 15 is 0 Å². The summed E-state index contributed by atoms with van der Waals surface area (Å²) < 4.78 is 11.6. The first-order valence-corrected chi connectivity index (χ1v) is 10.2. The van der Waals surface area contributed by atoms with Crippen LogP contribution in [0.2, 0.25) is 0 Å². The Kier molecular flexibility index (Phi) is 6.00. The van der Waals surface area contributed by atoms with Crippen LogP contribution in [-0.2, 0) is 4.74 Å².